The Bertz CT molecular complexity index is 962. The number of carbonyl (C=O) groups is 2. The molecule has 10 heteroatoms. The van der Waals surface area contributed by atoms with Gasteiger partial charge < -0.3 is 9.47 Å². The number of aryl methyl sites for hydroxylation is 1. The molecule has 0 aliphatic heterocycles. The Hall–Kier alpha value is -2.62. The van der Waals surface area contributed by atoms with Gasteiger partial charge in [0.1, 0.15) is 5.75 Å². The number of amides is 1. The Labute approximate surface area is 161 Å². The third-order valence-corrected chi connectivity index (χ3v) is 4.94. The quantitative estimate of drug-likeness (QED) is 0.530. The first kappa shape index (κ1) is 20.7. The number of methoxy groups -OCH3 is 1. The van der Waals surface area contributed by atoms with Gasteiger partial charge in [-0.2, -0.15) is 0 Å². The van der Waals surface area contributed by atoms with Crippen LogP contribution in [0.4, 0.5) is 0 Å². The van der Waals surface area contributed by atoms with Gasteiger partial charge in [0.05, 0.1) is 17.6 Å². The fraction of sp³-hybridized carbons (Fsp3) is 0.176. The number of hydrazine groups is 1. The van der Waals surface area contributed by atoms with Crippen LogP contribution in [0.25, 0.3) is 0 Å². The summed E-state index contributed by atoms with van der Waals surface area (Å²) in [5.41, 5.74) is 2.59. The lowest BCUT2D eigenvalue weighted by atomic mass is 10.2. The Morgan fingerprint density at radius 2 is 1.85 bits per heavy atom. The van der Waals surface area contributed by atoms with E-state index in [0.29, 0.717) is 10.8 Å². The van der Waals surface area contributed by atoms with Gasteiger partial charge in [-0.15, -0.1) is 4.83 Å². The van der Waals surface area contributed by atoms with E-state index >= 15 is 0 Å². The SMILES string of the molecule is COC(=O)c1ccccc1S(=O)(=O)NNC(=O)COc1ccc(Cl)cc1C. The highest BCUT2D eigenvalue weighted by Crippen LogP contribution is 2.21. The molecule has 0 heterocycles. The van der Waals surface area contributed by atoms with Gasteiger partial charge in [0.2, 0.25) is 0 Å². The largest absolute Gasteiger partial charge is 0.483 e. The molecule has 0 aliphatic rings. The van der Waals surface area contributed by atoms with Gasteiger partial charge in [-0.1, -0.05) is 23.7 Å². The average Bonchev–Trinajstić information content (AvgIpc) is 2.65. The van der Waals surface area contributed by atoms with Gasteiger partial charge in [-0.05, 0) is 42.8 Å². The lowest BCUT2D eigenvalue weighted by molar-refractivity contribution is -0.123. The fourth-order valence-corrected chi connectivity index (χ4v) is 3.40. The summed E-state index contributed by atoms with van der Waals surface area (Å²) in [5, 5.41) is 0.529. The molecule has 2 aromatic carbocycles. The van der Waals surface area contributed by atoms with Crippen molar-refractivity contribution in [3.8, 4) is 5.75 Å². The fourth-order valence-electron chi connectivity index (χ4n) is 2.11. The Kier molecular flexibility index (Phi) is 6.78. The van der Waals surface area contributed by atoms with Gasteiger partial charge in [-0.3, -0.25) is 10.2 Å². The number of carbonyl (C=O) groups excluding carboxylic acids is 2. The first-order valence-corrected chi connectivity index (χ1v) is 9.47. The Balaban J connectivity index is 2.01. The summed E-state index contributed by atoms with van der Waals surface area (Å²) in [6.45, 7) is 1.33. The van der Waals surface area contributed by atoms with Crippen LogP contribution >= 0.6 is 11.6 Å². The number of nitrogens with one attached hydrogen (secondary N) is 2. The van der Waals surface area contributed by atoms with Crippen LogP contribution in [-0.2, 0) is 19.6 Å². The number of ether oxygens (including phenoxy) is 2. The molecule has 0 saturated carbocycles. The molecule has 27 heavy (non-hydrogen) atoms. The number of esters is 1. The van der Waals surface area contributed by atoms with Crippen LogP contribution in [0.1, 0.15) is 15.9 Å². The molecule has 0 fully saturated rings. The van der Waals surface area contributed by atoms with Crippen molar-refractivity contribution in [3.05, 3.63) is 58.6 Å². The highest BCUT2D eigenvalue weighted by Gasteiger charge is 2.23. The van der Waals surface area contributed by atoms with Gasteiger partial charge in [-0.25, -0.2) is 13.2 Å². The lowest BCUT2D eigenvalue weighted by Gasteiger charge is -2.12. The van der Waals surface area contributed by atoms with Crippen LogP contribution in [0.15, 0.2) is 47.4 Å². The van der Waals surface area contributed by atoms with Crippen LogP contribution in [-0.4, -0.2) is 34.0 Å². The molecular weight excluding hydrogens is 396 g/mol. The number of hydrogen-bond donors (Lipinski definition) is 2. The minimum Gasteiger partial charge on any atom is -0.483 e. The summed E-state index contributed by atoms with van der Waals surface area (Å²) in [5.74, 6) is -1.11. The number of rotatable bonds is 7. The summed E-state index contributed by atoms with van der Waals surface area (Å²) in [6.07, 6.45) is 0. The zero-order valence-electron chi connectivity index (χ0n) is 14.5. The van der Waals surface area contributed by atoms with Crippen LogP contribution in [0.5, 0.6) is 5.75 Å². The maximum Gasteiger partial charge on any atom is 0.339 e. The van der Waals surface area contributed by atoms with Crippen molar-refractivity contribution in [2.75, 3.05) is 13.7 Å². The van der Waals surface area contributed by atoms with Crippen molar-refractivity contribution < 1.29 is 27.5 Å². The Morgan fingerprint density at radius 1 is 1.15 bits per heavy atom. The summed E-state index contributed by atoms with van der Waals surface area (Å²) in [4.78, 5) is 25.2. The molecule has 2 aromatic rings. The normalized spacial score (nSPS) is 10.9. The molecule has 2 N–H and O–H groups in total. The Morgan fingerprint density at radius 3 is 2.52 bits per heavy atom. The molecule has 0 unspecified atom stereocenters. The van der Waals surface area contributed by atoms with E-state index in [1.807, 2.05) is 10.3 Å². The molecule has 0 saturated heterocycles. The first-order valence-electron chi connectivity index (χ1n) is 7.61. The predicted molar refractivity (Wildman–Crippen MR) is 97.9 cm³/mol. The molecule has 0 radical (unpaired) electrons. The van der Waals surface area contributed by atoms with Crippen molar-refractivity contribution in [2.24, 2.45) is 0 Å². The lowest BCUT2D eigenvalue weighted by Crippen LogP contribution is -2.44. The van der Waals surface area contributed by atoms with Crippen molar-refractivity contribution in [1.29, 1.82) is 0 Å². The topological polar surface area (TPSA) is 111 Å². The maximum absolute atomic E-state index is 12.4. The van der Waals surface area contributed by atoms with Crippen molar-refractivity contribution >= 4 is 33.5 Å². The van der Waals surface area contributed by atoms with Gasteiger partial charge >= 0.3 is 5.97 Å². The van der Waals surface area contributed by atoms with Crippen LogP contribution < -0.4 is 15.0 Å². The van der Waals surface area contributed by atoms with E-state index in [2.05, 4.69) is 4.74 Å². The van der Waals surface area contributed by atoms with E-state index < -0.39 is 28.5 Å². The molecule has 2 rings (SSSR count). The highest BCUT2D eigenvalue weighted by molar-refractivity contribution is 7.89. The highest BCUT2D eigenvalue weighted by atomic mass is 35.5. The van der Waals surface area contributed by atoms with Crippen LogP contribution in [0.2, 0.25) is 5.02 Å². The van der Waals surface area contributed by atoms with E-state index in [-0.39, 0.29) is 10.5 Å². The second kappa shape index (κ2) is 8.85. The molecule has 0 bridgehead atoms. The molecule has 144 valence electrons. The van der Waals surface area contributed by atoms with Gasteiger partial charge in [0, 0.05) is 5.02 Å². The summed E-state index contributed by atoms with van der Waals surface area (Å²) >= 11 is 5.84. The van der Waals surface area contributed by atoms with E-state index in [4.69, 9.17) is 16.3 Å². The maximum atomic E-state index is 12.4. The molecule has 0 aromatic heterocycles. The summed E-state index contributed by atoms with van der Waals surface area (Å²) < 4.78 is 34.6. The number of benzene rings is 2. The molecular formula is C17H17ClN2O6S. The van der Waals surface area contributed by atoms with Crippen LogP contribution in [0, 0.1) is 6.92 Å². The first-order chi connectivity index (χ1) is 12.7. The van der Waals surface area contributed by atoms with Gasteiger partial charge in [0.15, 0.2) is 6.61 Å². The van der Waals surface area contributed by atoms with E-state index in [9.17, 15) is 18.0 Å². The van der Waals surface area contributed by atoms with E-state index in [1.54, 1.807) is 25.1 Å². The second-order valence-corrected chi connectivity index (χ2v) is 7.43. The average molecular weight is 413 g/mol. The zero-order chi connectivity index (χ0) is 20.0. The predicted octanol–water partition coefficient (Wildman–Crippen LogP) is 1.82. The second-order valence-electron chi connectivity index (χ2n) is 5.34. The monoisotopic (exact) mass is 412 g/mol. The number of sulfonamides is 1. The van der Waals surface area contributed by atoms with Crippen molar-refractivity contribution in [1.82, 2.24) is 10.3 Å². The van der Waals surface area contributed by atoms with Crippen LogP contribution in [0.3, 0.4) is 0 Å². The molecule has 0 atom stereocenters. The smallest absolute Gasteiger partial charge is 0.339 e. The number of hydrogen-bond acceptors (Lipinski definition) is 6. The molecule has 0 spiro atoms. The van der Waals surface area contributed by atoms with E-state index in [0.717, 1.165) is 12.7 Å². The molecule has 8 nitrogen and oxygen atoms in total. The summed E-state index contributed by atoms with van der Waals surface area (Å²) in [7, 11) is -3.06. The minimum atomic E-state index is -4.19. The third kappa shape index (κ3) is 5.43. The molecule has 0 aliphatic carbocycles. The van der Waals surface area contributed by atoms with Crippen molar-refractivity contribution in [2.45, 2.75) is 11.8 Å². The summed E-state index contributed by atoms with van der Waals surface area (Å²) in [6, 6.07) is 10.3. The number of halogens is 1. The van der Waals surface area contributed by atoms with Gasteiger partial charge in [0.25, 0.3) is 15.9 Å². The minimum absolute atomic E-state index is 0.158. The third-order valence-electron chi connectivity index (χ3n) is 3.40. The molecule has 1 amide bonds. The van der Waals surface area contributed by atoms with E-state index in [1.165, 1.54) is 24.3 Å². The van der Waals surface area contributed by atoms with Crippen molar-refractivity contribution in [3.63, 3.8) is 0 Å². The zero-order valence-corrected chi connectivity index (χ0v) is 16.1. The standard InChI is InChI=1S/C17H17ClN2O6S/c1-11-9-12(18)7-8-14(11)26-10-16(21)19-20-27(23,24)15-6-4-3-5-13(15)17(22)25-2/h3-9,20H,10H2,1-2H3,(H,19,21).